The molecule has 0 bridgehead atoms. The van der Waals surface area contributed by atoms with Crippen molar-refractivity contribution >= 4 is 11.9 Å². The molecule has 8 heteroatoms. The number of carbonyl (C=O) groups is 2. The van der Waals surface area contributed by atoms with Gasteiger partial charge in [0.2, 0.25) is 0 Å². The minimum atomic E-state index is -1.05. The van der Waals surface area contributed by atoms with Crippen LogP contribution in [0.25, 0.3) is 0 Å². The van der Waals surface area contributed by atoms with Crippen molar-refractivity contribution in [1.82, 2.24) is 5.32 Å². The van der Waals surface area contributed by atoms with E-state index in [9.17, 15) is 18.4 Å². The quantitative estimate of drug-likeness (QED) is 0.477. The van der Waals surface area contributed by atoms with Gasteiger partial charge in [0, 0.05) is 12.7 Å². The maximum Gasteiger partial charge on any atom is 0.335 e. The Bertz CT molecular complexity index is 891. The predicted octanol–water partition coefficient (Wildman–Crippen LogP) is 2.92. The van der Waals surface area contributed by atoms with E-state index < -0.39 is 23.5 Å². The van der Waals surface area contributed by atoms with E-state index in [1.807, 2.05) is 0 Å². The number of carboxylic acids is 1. The molecule has 0 aliphatic carbocycles. The molecule has 0 aliphatic heterocycles. The minimum absolute atomic E-state index is 0.0364. The Morgan fingerprint density at radius 1 is 1.11 bits per heavy atom. The van der Waals surface area contributed by atoms with Crippen LogP contribution in [-0.4, -0.2) is 23.6 Å². The number of allylic oxidation sites excluding steroid dienone is 2. The Balaban J connectivity index is 2.03. The zero-order chi connectivity index (χ0) is 20.5. The third kappa shape index (κ3) is 6.24. The van der Waals surface area contributed by atoms with Gasteiger partial charge in [0.1, 0.15) is 24.0 Å². The van der Waals surface area contributed by atoms with Gasteiger partial charge >= 0.3 is 5.97 Å². The molecule has 0 aromatic heterocycles. The summed E-state index contributed by atoms with van der Waals surface area (Å²) in [5.41, 5.74) is 5.85. The van der Waals surface area contributed by atoms with E-state index in [4.69, 9.17) is 15.6 Å². The second kappa shape index (κ2) is 9.86. The summed E-state index contributed by atoms with van der Waals surface area (Å²) in [6.45, 7) is -0.169. The molecule has 0 aliphatic rings. The highest BCUT2D eigenvalue weighted by molar-refractivity contribution is 5.94. The van der Waals surface area contributed by atoms with Crippen LogP contribution in [0.1, 0.15) is 15.9 Å². The standard InChI is InChI=1S/C20H18F2N2O4/c21-16-5-7-18(8-6-16)28-12-15(9-17(22)10-23)19(25)24-11-13-1-3-14(4-2-13)20(26)27/h1-10H,11-12,23H2,(H,24,25)(H,26,27)/b15-9+,17-10+. The summed E-state index contributed by atoms with van der Waals surface area (Å²) in [5.74, 6) is -2.60. The Labute approximate surface area is 159 Å². The molecule has 2 aromatic rings. The van der Waals surface area contributed by atoms with Crippen molar-refractivity contribution < 1.29 is 28.2 Å². The third-order valence-electron chi connectivity index (χ3n) is 3.62. The summed E-state index contributed by atoms with van der Waals surface area (Å²) < 4.78 is 31.8. The topological polar surface area (TPSA) is 102 Å². The lowest BCUT2D eigenvalue weighted by atomic mass is 10.1. The first-order valence-corrected chi connectivity index (χ1v) is 8.16. The SMILES string of the molecule is N/C=C(F)\C=C(/COc1ccc(F)cc1)C(=O)NCc1ccc(C(=O)O)cc1. The van der Waals surface area contributed by atoms with Gasteiger partial charge < -0.3 is 20.9 Å². The van der Waals surface area contributed by atoms with Gasteiger partial charge in [-0.1, -0.05) is 12.1 Å². The number of aromatic carboxylic acids is 1. The number of nitrogens with one attached hydrogen (secondary N) is 1. The van der Waals surface area contributed by atoms with Crippen molar-refractivity contribution in [2.24, 2.45) is 5.73 Å². The molecule has 6 nitrogen and oxygen atoms in total. The average Bonchev–Trinajstić information content (AvgIpc) is 2.70. The lowest BCUT2D eigenvalue weighted by molar-refractivity contribution is -0.118. The average molecular weight is 388 g/mol. The van der Waals surface area contributed by atoms with E-state index >= 15 is 0 Å². The molecule has 2 rings (SSSR count). The molecule has 2 aromatic carbocycles. The fourth-order valence-electron chi connectivity index (χ4n) is 2.14. The van der Waals surface area contributed by atoms with Crippen molar-refractivity contribution in [2.75, 3.05) is 6.61 Å². The highest BCUT2D eigenvalue weighted by Crippen LogP contribution is 2.13. The number of nitrogens with two attached hydrogens (primary N) is 1. The molecule has 0 radical (unpaired) electrons. The molecular formula is C20H18F2N2O4. The summed E-state index contributed by atoms with van der Waals surface area (Å²) in [6.07, 6.45) is 1.64. The Morgan fingerprint density at radius 3 is 2.32 bits per heavy atom. The van der Waals surface area contributed by atoms with Gasteiger partial charge in [-0.3, -0.25) is 4.79 Å². The van der Waals surface area contributed by atoms with Crippen LogP contribution in [0.3, 0.4) is 0 Å². The Morgan fingerprint density at radius 2 is 1.75 bits per heavy atom. The number of benzene rings is 2. The predicted molar refractivity (Wildman–Crippen MR) is 98.6 cm³/mol. The van der Waals surface area contributed by atoms with Crippen LogP contribution < -0.4 is 15.8 Å². The van der Waals surface area contributed by atoms with E-state index in [0.29, 0.717) is 17.5 Å². The van der Waals surface area contributed by atoms with Crippen molar-refractivity contribution in [3.63, 3.8) is 0 Å². The van der Waals surface area contributed by atoms with Crippen LogP contribution in [0.2, 0.25) is 0 Å². The molecule has 0 spiro atoms. The van der Waals surface area contributed by atoms with Crippen molar-refractivity contribution in [3.05, 3.63) is 89.2 Å². The number of carbonyl (C=O) groups excluding carboxylic acids is 1. The van der Waals surface area contributed by atoms with Crippen LogP contribution in [0, 0.1) is 5.82 Å². The van der Waals surface area contributed by atoms with Gasteiger partial charge in [-0.05, 0) is 48.0 Å². The molecule has 0 atom stereocenters. The molecular weight excluding hydrogens is 370 g/mol. The summed E-state index contributed by atoms with van der Waals surface area (Å²) in [5, 5.41) is 11.5. The molecule has 0 unspecified atom stereocenters. The number of carboxylic acid groups (broad SMARTS) is 1. The van der Waals surface area contributed by atoms with E-state index in [-0.39, 0.29) is 24.3 Å². The third-order valence-corrected chi connectivity index (χ3v) is 3.62. The van der Waals surface area contributed by atoms with Crippen LogP contribution in [-0.2, 0) is 11.3 Å². The first-order valence-electron chi connectivity index (χ1n) is 8.16. The zero-order valence-electron chi connectivity index (χ0n) is 14.7. The molecule has 0 saturated heterocycles. The van der Waals surface area contributed by atoms with Crippen molar-refractivity contribution in [1.29, 1.82) is 0 Å². The maximum atomic E-state index is 13.5. The summed E-state index contributed by atoms with van der Waals surface area (Å²) in [7, 11) is 0. The van der Waals surface area contributed by atoms with Crippen LogP contribution in [0.15, 0.2) is 72.2 Å². The second-order valence-corrected chi connectivity index (χ2v) is 5.65. The van der Waals surface area contributed by atoms with Gasteiger partial charge in [-0.25, -0.2) is 13.6 Å². The highest BCUT2D eigenvalue weighted by Gasteiger charge is 2.12. The molecule has 0 saturated carbocycles. The van der Waals surface area contributed by atoms with Gasteiger partial charge in [0.15, 0.2) is 0 Å². The number of halogens is 2. The molecule has 0 heterocycles. The van der Waals surface area contributed by atoms with E-state index in [1.54, 1.807) is 12.1 Å². The smallest absolute Gasteiger partial charge is 0.335 e. The zero-order valence-corrected chi connectivity index (χ0v) is 14.7. The van der Waals surface area contributed by atoms with Crippen molar-refractivity contribution in [2.45, 2.75) is 6.54 Å². The fourth-order valence-corrected chi connectivity index (χ4v) is 2.14. The van der Waals surface area contributed by atoms with Crippen LogP contribution in [0.5, 0.6) is 5.75 Å². The van der Waals surface area contributed by atoms with Crippen LogP contribution in [0.4, 0.5) is 8.78 Å². The highest BCUT2D eigenvalue weighted by atomic mass is 19.1. The van der Waals surface area contributed by atoms with Gasteiger partial charge in [0.25, 0.3) is 5.91 Å². The lowest BCUT2D eigenvalue weighted by Crippen LogP contribution is -2.27. The van der Waals surface area contributed by atoms with E-state index in [1.165, 1.54) is 36.4 Å². The number of hydrogen-bond acceptors (Lipinski definition) is 4. The molecule has 1 amide bonds. The number of amides is 1. The molecule has 0 fully saturated rings. The number of ether oxygens (including phenoxy) is 1. The molecule has 28 heavy (non-hydrogen) atoms. The number of hydrogen-bond donors (Lipinski definition) is 3. The lowest BCUT2D eigenvalue weighted by Gasteiger charge is -2.11. The monoisotopic (exact) mass is 388 g/mol. The van der Waals surface area contributed by atoms with Crippen LogP contribution >= 0.6 is 0 Å². The normalized spacial score (nSPS) is 11.8. The first-order chi connectivity index (χ1) is 13.4. The number of rotatable bonds is 8. The second-order valence-electron chi connectivity index (χ2n) is 5.65. The van der Waals surface area contributed by atoms with E-state index in [0.717, 1.165) is 6.08 Å². The van der Waals surface area contributed by atoms with Gasteiger partial charge in [-0.2, -0.15) is 0 Å². The summed E-state index contributed by atoms with van der Waals surface area (Å²) in [6, 6.07) is 11.1. The largest absolute Gasteiger partial charge is 0.489 e. The minimum Gasteiger partial charge on any atom is -0.489 e. The van der Waals surface area contributed by atoms with Gasteiger partial charge in [0.05, 0.1) is 11.1 Å². The maximum absolute atomic E-state index is 13.5. The first kappa shape index (κ1) is 20.6. The van der Waals surface area contributed by atoms with Crippen molar-refractivity contribution in [3.8, 4) is 5.75 Å². The Kier molecular flexibility index (Phi) is 7.27. The molecule has 146 valence electrons. The fraction of sp³-hybridized carbons (Fsp3) is 0.100. The summed E-state index contributed by atoms with van der Waals surface area (Å²) >= 11 is 0. The van der Waals surface area contributed by atoms with Gasteiger partial charge in [-0.15, -0.1) is 0 Å². The summed E-state index contributed by atoms with van der Waals surface area (Å²) in [4.78, 5) is 23.2. The molecule has 4 N–H and O–H groups in total. The van der Waals surface area contributed by atoms with E-state index in [2.05, 4.69) is 5.32 Å². The Hall–Kier alpha value is -3.68.